The maximum absolute atomic E-state index is 13.0. The van der Waals surface area contributed by atoms with Gasteiger partial charge in [0.2, 0.25) is 0 Å². The van der Waals surface area contributed by atoms with E-state index in [1.807, 2.05) is 13.8 Å². The first kappa shape index (κ1) is 19.3. The van der Waals surface area contributed by atoms with Gasteiger partial charge in [0, 0.05) is 11.6 Å². The van der Waals surface area contributed by atoms with Crippen LogP contribution in [-0.2, 0) is 9.59 Å². The van der Waals surface area contributed by atoms with Crippen LogP contribution >= 0.6 is 0 Å². The van der Waals surface area contributed by atoms with E-state index in [1.165, 1.54) is 6.26 Å². The van der Waals surface area contributed by atoms with Crippen LogP contribution in [0, 0.1) is 0 Å². The molecule has 1 aromatic heterocycles. The minimum Gasteiger partial charge on any atom is -0.507 e. The van der Waals surface area contributed by atoms with Crippen molar-refractivity contribution in [2.75, 3.05) is 0 Å². The Morgan fingerprint density at radius 1 is 1.17 bits per heavy atom. The first-order valence-electron chi connectivity index (χ1n) is 10.1. The van der Waals surface area contributed by atoms with Crippen molar-refractivity contribution in [3.05, 3.63) is 59.6 Å². The largest absolute Gasteiger partial charge is 0.507 e. The SMILES string of the molecule is CC(C)Oc1cccc(/C(O)=C2/C(=O)C(=O)N(C3CCCC3)C2c2ccco2)c1. The zero-order valence-electron chi connectivity index (χ0n) is 16.6. The van der Waals surface area contributed by atoms with Crippen LogP contribution in [0.15, 0.2) is 52.7 Å². The lowest BCUT2D eigenvalue weighted by atomic mass is 9.98. The molecule has 152 valence electrons. The number of rotatable bonds is 5. The van der Waals surface area contributed by atoms with Gasteiger partial charge in [-0.25, -0.2) is 0 Å². The van der Waals surface area contributed by atoms with Gasteiger partial charge in [0.25, 0.3) is 11.7 Å². The molecule has 0 radical (unpaired) electrons. The van der Waals surface area contributed by atoms with Crippen molar-refractivity contribution in [3.8, 4) is 5.75 Å². The van der Waals surface area contributed by atoms with Gasteiger partial charge < -0.3 is 19.2 Å². The maximum atomic E-state index is 13.0. The third-order valence-electron chi connectivity index (χ3n) is 5.49. The zero-order valence-corrected chi connectivity index (χ0v) is 16.6. The molecule has 0 spiro atoms. The first-order chi connectivity index (χ1) is 14.0. The van der Waals surface area contributed by atoms with Crippen LogP contribution in [0.4, 0.5) is 0 Å². The Morgan fingerprint density at radius 3 is 2.59 bits per heavy atom. The molecule has 1 saturated carbocycles. The van der Waals surface area contributed by atoms with E-state index in [4.69, 9.17) is 9.15 Å². The molecule has 2 aromatic rings. The van der Waals surface area contributed by atoms with Gasteiger partial charge in [-0.2, -0.15) is 0 Å². The van der Waals surface area contributed by atoms with Crippen LogP contribution in [0.1, 0.15) is 56.9 Å². The van der Waals surface area contributed by atoms with E-state index in [1.54, 1.807) is 41.3 Å². The summed E-state index contributed by atoms with van der Waals surface area (Å²) < 4.78 is 11.3. The van der Waals surface area contributed by atoms with Crippen LogP contribution in [-0.4, -0.2) is 33.8 Å². The summed E-state index contributed by atoms with van der Waals surface area (Å²) in [5.41, 5.74) is 0.502. The van der Waals surface area contributed by atoms with E-state index >= 15 is 0 Å². The lowest BCUT2D eigenvalue weighted by Gasteiger charge is -2.29. The van der Waals surface area contributed by atoms with Crippen LogP contribution in [0.2, 0.25) is 0 Å². The highest BCUT2D eigenvalue weighted by atomic mass is 16.5. The minimum atomic E-state index is -0.720. The highest BCUT2D eigenvalue weighted by Gasteiger charge is 2.50. The Kier molecular flexibility index (Phi) is 5.18. The molecule has 1 aromatic carbocycles. The van der Waals surface area contributed by atoms with Gasteiger partial charge in [0.1, 0.15) is 23.3 Å². The summed E-state index contributed by atoms with van der Waals surface area (Å²) in [6, 6.07) is 9.64. The van der Waals surface area contributed by atoms with Gasteiger partial charge in [0.05, 0.1) is 17.9 Å². The molecular weight excluding hydrogens is 370 g/mol. The van der Waals surface area contributed by atoms with E-state index < -0.39 is 17.7 Å². The molecule has 0 bridgehead atoms. The summed E-state index contributed by atoms with van der Waals surface area (Å²) in [5.74, 6) is -0.393. The molecule has 29 heavy (non-hydrogen) atoms. The van der Waals surface area contributed by atoms with E-state index in [9.17, 15) is 14.7 Å². The smallest absolute Gasteiger partial charge is 0.296 e. The molecule has 1 unspecified atom stereocenters. The summed E-state index contributed by atoms with van der Waals surface area (Å²) in [5, 5.41) is 11.1. The number of furan rings is 1. The average Bonchev–Trinajstić information content (AvgIpc) is 3.43. The second kappa shape index (κ2) is 7.78. The maximum Gasteiger partial charge on any atom is 0.296 e. The molecule has 6 heteroatoms. The first-order valence-corrected chi connectivity index (χ1v) is 10.1. The number of Topliss-reactive ketones (excluding diaryl/α,β-unsaturated/α-hetero) is 1. The normalized spacial score (nSPS) is 22.0. The van der Waals surface area contributed by atoms with Crippen LogP contribution in [0.25, 0.3) is 5.76 Å². The van der Waals surface area contributed by atoms with Gasteiger partial charge in [-0.3, -0.25) is 9.59 Å². The predicted molar refractivity (Wildman–Crippen MR) is 107 cm³/mol. The molecule has 1 saturated heterocycles. The van der Waals surface area contributed by atoms with E-state index in [0.717, 1.165) is 25.7 Å². The Hall–Kier alpha value is -3.02. The van der Waals surface area contributed by atoms with Crippen molar-refractivity contribution in [3.63, 3.8) is 0 Å². The fraction of sp³-hybridized carbons (Fsp3) is 0.391. The summed E-state index contributed by atoms with van der Waals surface area (Å²) in [7, 11) is 0. The second-order valence-corrected chi connectivity index (χ2v) is 7.85. The predicted octanol–water partition coefficient (Wildman–Crippen LogP) is 4.43. The van der Waals surface area contributed by atoms with Gasteiger partial charge in [-0.05, 0) is 51.0 Å². The van der Waals surface area contributed by atoms with Crippen molar-refractivity contribution in [2.45, 2.75) is 57.7 Å². The summed E-state index contributed by atoms with van der Waals surface area (Å²) >= 11 is 0. The number of amides is 1. The average molecular weight is 395 g/mol. The summed E-state index contributed by atoms with van der Waals surface area (Å²) in [6.07, 6.45) is 5.23. The summed E-state index contributed by atoms with van der Waals surface area (Å²) in [4.78, 5) is 27.5. The molecule has 1 aliphatic carbocycles. The lowest BCUT2D eigenvalue weighted by molar-refractivity contribution is -0.141. The molecule has 1 atom stereocenters. The topological polar surface area (TPSA) is 80.0 Å². The van der Waals surface area contributed by atoms with E-state index in [0.29, 0.717) is 17.1 Å². The number of ether oxygens (including phenoxy) is 1. The third kappa shape index (κ3) is 3.55. The number of carbonyl (C=O) groups is 2. The monoisotopic (exact) mass is 395 g/mol. The van der Waals surface area contributed by atoms with E-state index in [-0.39, 0.29) is 23.5 Å². The van der Waals surface area contributed by atoms with Crippen LogP contribution in [0.3, 0.4) is 0 Å². The van der Waals surface area contributed by atoms with Gasteiger partial charge in [-0.1, -0.05) is 25.0 Å². The van der Waals surface area contributed by atoms with Gasteiger partial charge in [-0.15, -0.1) is 0 Å². The van der Waals surface area contributed by atoms with Crippen LogP contribution < -0.4 is 4.74 Å². The molecule has 2 heterocycles. The Balaban J connectivity index is 1.81. The summed E-state index contributed by atoms with van der Waals surface area (Å²) in [6.45, 7) is 3.83. The molecule has 2 aliphatic rings. The number of benzene rings is 1. The molecule has 1 aliphatic heterocycles. The number of hydrogen-bond acceptors (Lipinski definition) is 5. The fourth-order valence-corrected chi connectivity index (χ4v) is 4.28. The molecule has 4 rings (SSSR count). The number of likely N-dealkylation sites (tertiary alicyclic amines) is 1. The highest BCUT2D eigenvalue weighted by Crippen LogP contribution is 2.43. The van der Waals surface area contributed by atoms with Gasteiger partial charge in [0.15, 0.2) is 0 Å². The van der Waals surface area contributed by atoms with Crippen LogP contribution in [0.5, 0.6) is 5.75 Å². The third-order valence-corrected chi connectivity index (χ3v) is 5.49. The molecular formula is C23H25NO5. The number of ketones is 1. The molecule has 1 amide bonds. The van der Waals surface area contributed by atoms with Crippen molar-refractivity contribution in [1.29, 1.82) is 0 Å². The van der Waals surface area contributed by atoms with Crippen molar-refractivity contribution < 1.29 is 23.8 Å². The number of nitrogens with zero attached hydrogens (tertiary/aromatic N) is 1. The molecule has 6 nitrogen and oxygen atoms in total. The number of hydrogen-bond donors (Lipinski definition) is 1. The second-order valence-electron chi connectivity index (χ2n) is 7.85. The Labute approximate surface area is 169 Å². The van der Waals surface area contributed by atoms with Crippen molar-refractivity contribution in [1.82, 2.24) is 4.90 Å². The zero-order chi connectivity index (χ0) is 20.5. The molecule has 2 fully saturated rings. The van der Waals surface area contributed by atoms with Crippen molar-refractivity contribution in [2.24, 2.45) is 0 Å². The van der Waals surface area contributed by atoms with Gasteiger partial charge >= 0.3 is 0 Å². The van der Waals surface area contributed by atoms with E-state index in [2.05, 4.69) is 0 Å². The minimum absolute atomic E-state index is 0.0246. The fourth-order valence-electron chi connectivity index (χ4n) is 4.28. The number of carbonyl (C=O) groups excluding carboxylic acids is 2. The number of aliphatic hydroxyl groups is 1. The lowest BCUT2D eigenvalue weighted by Crippen LogP contribution is -2.37. The molecule has 1 N–H and O–H groups in total. The quantitative estimate of drug-likeness (QED) is 0.460. The standard InChI is InChI=1S/C23H25NO5/c1-14(2)29-17-10-5-7-15(13-17)21(25)19-20(18-11-6-12-28-18)24(23(27)22(19)26)16-8-3-4-9-16/h5-7,10-14,16,20,25H,3-4,8-9H2,1-2H3/b21-19-. The number of aliphatic hydroxyl groups excluding tert-OH is 1. The Bertz CT molecular complexity index is 938. The Morgan fingerprint density at radius 2 is 1.93 bits per heavy atom. The van der Waals surface area contributed by atoms with Crippen molar-refractivity contribution >= 4 is 17.4 Å². The highest BCUT2D eigenvalue weighted by molar-refractivity contribution is 6.46.